The minimum atomic E-state index is -0.0131. The molecule has 1 N–H and O–H groups in total. The molecular formula is C21H21ClN4O. The molecule has 1 aliphatic heterocycles. The molecule has 0 spiro atoms. The first kappa shape index (κ1) is 17.8. The lowest BCUT2D eigenvalue weighted by molar-refractivity contribution is 0.466. The number of halogens is 1. The van der Waals surface area contributed by atoms with Crippen molar-refractivity contribution in [3.05, 3.63) is 81.9 Å². The molecule has 5 nitrogen and oxygen atoms in total. The van der Waals surface area contributed by atoms with Crippen molar-refractivity contribution in [3.8, 4) is 11.1 Å². The smallest absolute Gasteiger partial charge is 0.252 e. The molecule has 6 heteroatoms. The molecule has 1 aliphatic rings. The number of hydrogen-bond acceptors (Lipinski definition) is 4. The molecule has 0 bridgehead atoms. The fraction of sp³-hybridized carbons (Fsp3) is 0.238. The van der Waals surface area contributed by atoms with Crippen LogP contribution in [0.2, 0.25) is 5.02 Å². The number of piperazine rings is 1. The van der Waals surface area contributed by atoms with Gasteiger partial charge in [0.1, 0.15) is 5.82 Å². The molecule has 0 aliphatic carbocycles. The van der Waals surface area contributed by atoms with E-state index in [4.69, 9.17) is 11.6 Å². The van der Waals surface area contributed by atoms with Gasteiger partial charge in [-0.2, -0.15) is 0 Å². The average molecular weight is 381 g/mol. The maximum absolute atomic E-state index is 12.6. The summed E-state index contributed by atoms with van der Waals surface area (Å²) in [5.74, 6) is 0.926. The summed E-state index contributed by atoms with van der Waals surface area (Å²) in [5, 5.41) is 4.29. The van der Waals surface area contributed by atoms with Crippen LogP contribution in [0.1, 0.15) is 11.6 Å². The van der Waals surface area contributed by atoms with Gasteiger partial charge in [0.05, 0.1) is 0 Å². The summed E-state index contributed by atoms with van der Waals surface area (Å²) in [5.41, 5.74) is 3.09. The Hall–Kier alpha value is -2.63. The summed E-state index contributed by atoms with van der Waals surface area (Å²) in [6, 6.07) is 15.7. The summed E-state index contributed by atoms with van der Waals surface area (Å²) in [7, 11) is 1.83. The minimum Gasteiger partial charge on any atom is -0.355 e. The second-order valence-corrected chi connectivity index (χ2v) is 7.18. The third-order valence-corrected chi connectivity index (χ3v) is 5.28. The van der Waals surface area contributed by atoms with E-state index >= 15 is 0 Å². The van der Waals surface area contributed by atoms with Crippen LogP contribution in [0, 0.1) is 0 Å². The van der Waals surface area contributed by atoms with Gasteiger partial charge in [-0.15, -0.1) is 0 Å². The van der Waals surface area contributed by atoms with Gasteiger partial charge >= 0.3 is 0 Å². The summed E-state index contributed by atoms with van der Waals surface area (Å²) in [6.45, 7) is 2.48. The molecule has 0 saturated carbocycles. The van der Waals surface area contributed by atoms with Crippen molar-refractivity contribution in [1.29, 1.82) is 0 Å². The van der Waals surface area contributed by atoms with Gasteiger partial charge in [0, 0.05) is 56.2 Å². The lowest BCUT2D eigenvalue weighted by Crippen LogP contribution is -2.47. The van der Waals surface area contributed by atoms with Gasteiger partial charge in [-0.05, 0) is 47.0 Å². The van der Waals surface area contributed by atoms with Crippen LogP contribution in [0.5, 0.6) is 0 Å². The second-order valence-electron chi connectivity index (χ2n) is 6.74. The molecule has 27 heavy (non-hydrogen) atoms. The number of pyridine rings is 2. The van der Waals surface area contributed by atoms with E-state index < -0.39 is 0 Å². The Bertz CT molecular complexity index is 985. The minimum absolute atomic E-state index is 0.0131. The molecule has 3 aromatic rings. The maximum atomic E-state index is 12.6. The normalized spacial score (nSPS) is 17.1. The standard InChI is InChI=1S/C21H21ClN4O/c1-25-20(12-17(13-21(25)27)15-6-8-23-9-7-15)26-11-10-24-19(14-26)16-2-4-18(22)5-3-16/h2-9,12-13,19,24H,10-11,14H2,1H3. The maximum Gasteiger partial charge on any atom is 0.252 e. The van der Waals surface area contributed by atoms with E-state index in [9.17, 15) is 4.79 Å². The van der Waals surface area contributed by atoms with E-state index in [2.05, 4.69) is 33.4 Å². The van der Waals surface area contributed by atoms with Crippen molar-refractivity contribution in [1.82, 2.24) is 14.9 Å². The fourth-order valence-corrected chi connectivity index (χ4v) is 3.64. The molecule has 0 radical (unpaired) electrons. The van der Waals surface area contributed by atoms with Gasteiger partial charge in [0.15, 0.2) is 0 Å². The van der Waals surface area contributed by atoms with Crippen molar-refractivity contribution in [2.75, 3.05) is 24.5 Å². The number of benzene rings is 1. The Morgan fingerprint density at radius 3 is 2.56 bits per heavy atom. The fourth-order valence-electron chi connectivity index (χ4n) is 3.51. The zero-order chi connectivity index (χ0) is 18.8. The highest BCUT2D eigenvalue weighted by atomic mass is 35.5. The number of anilines is 1. The van der Waals surface area contributed by atoms with Crippen molar-refractivity contribution < 1.29 is 0 Å². The molecular weight excluding hydrogens is 360 g/mol. The molecule has 1 fully saturated rings. The molecule has 1 atom stereocenters. The van der Waals surface area contributed by atoms with Crippen LogP contribution in [-0.4, -0.2) is 29.2 Å². The number of hydrogen-bond donors (Lipinski definition) is 1. The Balaban J connectivity index is 1.67. The average Bonchev–Trinajstić information content (AvgIpc) is 2.71. The van der Waals surface area contributed by atoms with Gasteiger partial charge in [-0.25, -0.2) is 0 Å². The number of nitrogens with zero attached hydrogens (tertiary/aromatic N) is 3. The molecule has 1 saturated heterocycles. The van der Waals surface area contributed by atoms with Gasteiger partial charge in [0.2, 0.25) is 0 Å². The number of rotatable bonds is 3. The van der Waals surface area contributed by atoms with Crippen LogP contribution in [0.4, 0.5) is 5.82 Å². The van der Waals surface area contributed by atoms with Crippen molar-refractivity contribution >= 4 is 17.4 Å². The third kappa shape index (κ3) is 3.75. The van der Waals surface area contributed by atoms with Crippen LogP contribution in [-0.2, 0) is 7.05 Å². The highest BCUT2D eigenvalue weighted by molar-refractivity contribution is 6.30. The van der Waals surface area contributed by atoms with E-state index in [0.29, 0.717) is 0 Å². The van der Waals surface area contributed by atoms with Crippen LogP contribution in [0.3, 0.4) is 0 Å². The molecule has 1 unspecified atom stereocenters. The van der Waals surface area contributed by atoms with E-state index in [0.717, 1.165) is 41.6 Å². The molecule has 138 valence electrons. The topological polar surface area (TPSA) is 50.2 Å². The summed E-state index contributed by atoms with van der Waals surface area (Å²) >= 11 is 6.02. The van der Waals surface area contributed by atoms with Crippen molar-refractivity contribution in [3.63, 3.8) is 0 Å². The Morgan fingerprint density at radius 2 is 1.81 bits per heavy atom. The van der Waals surface area contributed by atoms with Crippen LogP contribution in [0.25, 0.3) is 11.1 Å². The Labute approximate surface area is 163 Å². The van der Waals surface area contributed by atoms with Crippen molar-refractivity contribution in [2.45, 2.75) is 6.04 Å². The first-order valence-electron chi connectivity index (χ1n) is 8.97. The Kier molecular flexibility index (Phi) is 4.97. The molecule has 2 aromatic heterocycles. The van der Waals surface area contributed by atoms with Crippen LogP contribution >= 0.6 is 11.6 Å². The SMILES string of the molecule is Cn1c(N2CCNC(c3ccc(Cl)cc3)C2)cc(-c2ccncc2)cc1=O. The number of aromatic nitrogens is 2. The predicted molar refractivity (Wildman–Crippen MR) is 109 cm³/mol. The molecule has 4 rings (SSSR count). The zero-order valence-electron chi connectivity index (χ0n) is 15.1. The van der Waals surface area contributed by atoms with Gasteiger partial charge in [-0.1, -0.05) is 23.7 Å². The zero-order valence-corrected chi connectivity index (χ0v) is 15.9. The van der Waals surface area contributed by atoms with Crippen molar-refractivity contribution in [2.24, 2.45) is 7.05 Å². The molecule has 0 amide bonds. The lowest BCUT2D eigenvalue weighted by atomic mass is 10.0. The predicted octanol–water partition coefficient (Wildman–Crippen LogP) is 3.25. The highest BCUT2D eigenvalue weighted by Gasteiger charge is 2.23. The molecule has 3 heterocycles. The number of nitrogens with one attached hydrogen (secondary N) is 1. The van der Waals surface area contributed by atoms with E-state index in [1.807, 2.05) is 31.3 Å². The van der Waals surface area contributed by atoms with E-state index in [-0.39, 0.29) is 11.6 Å². The monoisotopic (exact) mass is 380 g/mol. The van der Waals surface area contributed by atoms with E-state index in [1.165, 1.54) is 5.56 Å². The third-order valence-electron chi connectivity index (χ3n) is 5.02. The molecule has 1 aromatic carbocycles. The first-order chi connectivity index (χ1) is 13.1. The summed E-state index contributed by atoms with van der Waals surface area (Å²) < 4.78 is 1.72. The largest absolute Gasteiger partial charge is 0.355 e. The van der Waals surface area contributed by atoms with Crippen LogP contribution < -0.4 is 15.8 Å². The van der Waals surface area contributed by atoms with E-state index in [1.54, 1.807) is 23.0 Å². The van der Waals surface area contributed by atoms with Gasteiger partial charge in [-0.3, -0.25) is 14.3 Å². The second kappa shape index (κ2) is 7.55. The van der Waals surface area contributed by atoms with Crippen LogP contribution in [0.15, 0.2) is 65.7 Å². The van der Waals surface area contributed by atoms with Gasteiger partial charge < -0.3 is 10.2 Å². The first-order valence-corrected chi connectivity index (χ1v) is 9.35. The van der Waals surface area contributed by atoms with Gasteiger partial charge in [0.25, 0.3) is 5.56 Å². The quantitative estimate of drug-likeness (QED) is 0.757. The summed E-state index contributed by atoms with van der Waals surface area (Å²) in [6.07, 6.45) is 3.49. The lowest BCUT2D eigenvalue weighted by Gasteiger charge is -2.36. The highest BCUT2D eigenvalue weighted by Crippen LogP contribution is 2.26. The summed E-state index contributed by atoms with van der Waals surface area (Å²) in [4.78, 5) is 18.9. The Morgan fingerprint density at radius 1 is 1.07 bits per heavy atom.